The van der Waals surface area contributed by atoms with Crippen LogP contribution in [0.1, 0.15) is 21.5 Å². The number of hydrogen-bond donors (Lipinski definition) is 3. The lowest BCUT2D eigenvalue weighted by Crippen LogP contribution is -2.16. The molecule has 0 atom stereocenters. The number of rotatable bonds is 4. The van der Waals surface area contributed by atoms with E-state index >= 15 is 0 Å². The van der Waals surface area contributed by atoms with Gasteiger partial charge in [-0.15, -0.1) is 0 Å². The summed E-state index contributed by atoms with van der Waals surface area (Å²) in [6, 6.07) is 5.14. The van der Waals surface area contributed by atoms with Crippen LogP contribution < -0.4 is 11.5 Å². The van der Waals surface area contributed by atoms with Gasteiger partial charge in [-0.25, -0.2) is 0 Å². The quantitative estimate of drug-likeness (QED) is 0.619. The Morgan fingerprint density at radius 2 is 2.14 bits per heavy atom. The van der Waals surface area contributed by atoms with Gasteiger partial charge in [0.25, 0.3) is 0 Å². The third-order valence-corrected chi connectivity index (χ3v) is 2.04. The van der Waals surface area contributed by atoms with E-state index in [1.165, 1.54) is 0 Å². The van der Waals surface area contributed by atoms with Crippen molar-refractivity contribution in [2.75, 3.05) is 6.54 Å². The van der Waals surface area contributed by atoms with E-state index in [-0.39, 0.29) is 6.61 Å². The highest BCUT2D eigenvalue weighted by Gasteiger charge is 2.07. The number of carbonyl (C=O) groups is 1. The summed E-state index contributed by atoms with van der Waals surface area (Å²) in [6.07, 6.45) is 0.615. The van der Waals surface area contributed by atoms with E-state index in [2.05, 4.69) is 0 Å². The molecule has 1 rings (SSSR count). The van der Waals surface area contributed by atoms with E-state index in [0.29, 0.717) is 24.1 Å². The van der Waals surface area contributed by atoms with Crippen molar-refractivity contribution in [3.05, 3.63) is 34.9 Å². The molecular formula is C10H14N2O2. The molecule has 0 fully saturated rings. The molecule has 4 heteroatoms. The topological polar surface area (TPSA) is 89.3 Å². The predicted octanol–water partition coefficient (Wildman–Crippen LogP) is -0.221. The molecule has 1 amide bonds. The van der Waals surface area contributed by atoms with Gasteiger partial charge in [-0.05, 0) is 30.2 Å². The van der Waals surface area contributed by atoms with E-state index in [9.17, 15) is 4.79 Å². The molecule has 0 bridgehead atoms. The molecule has 0 aliphatic carbocycles. The second kappa shape index (κ2) is 4.74. The van der Waals surface area contributed by atoms with Crippen molar-refractivity contribution in [2.24, 2.45) is 11.5 Å². The van der Waals surface area contributed by atoms with Crippen LogP contribution in [0, 0.1) is 0 Å². The predicted molar refractivity (Wildman–Crippen MR) is 53.6 cm³/mol. The van der Waals surface area contributed by atoms with Crippen molar-refractivity contribution in [3.8, 4) is 0 Å². The zero-order chi connectivity index (χ0) is 10.6. The second-order valence-corrected chi connectivity index (χ2v) is 3.05. The zero-order valence-electron chi connectivity index (χ0n) is 7.86. The highest BCUT2D eigenvalue weighted by atomic mass is 16.3. The van der Waals surface area contributed by atoms with Gasteiger partial charge in [0, 0.05) is 5.56 Å². The lowest BCUT2D eigenvalue weighted by molar-refractivity contribution is 0.0999. The summed E-state index contributed by atoms with van der Waals surface area (Å²) in [5.74, 6) is -0.483. The van der Waals surface area contributed by atoms with Gasteiger partial charge < -0.3 is 16.6 Å². The summed E-state index contributed by atoms with van der Waals surface area (Å²) >= 11 is 0. The van der Waals surface area contributed by atoms with E-state index in [1.54, 1.807) is 18.2 Å². The molecule has 1 aromatic rings. The minimum absolute atomic E-state index is 0.0941. The molecule has 0 spiro atoms. The van der Waals surface area contributed by atoms with Crippen LogP contribution in [0.5, 0.6) is 0 Å². The number of carbonyl (C=O) groups excluding carboxylic acids is 1. The molecule has 0 aliphatic rings. The van der Waals surface area contributed by atoms with Crippen LogP contribution in [0.25, 0.3) is 0 Å². The number of primary amides is 1. The van der Waals surface area contributed by atoms with Crippen molar-refractivity contribution in [1.29, 1.82) is 0 Å². The summed E-state index contributed by atoms with van der Waals surface area (Å²) in [5.41, 5.74) is 12.6. The van der Waals surface area contributed by atoms with E-state index in [0.717, 1.165) is 5.56 Å². The van der Waals surface area contributed by atoms with Gasteiger partial charge in [0.2, 0.25) is 5.91 Å². The van der Waals surface area contributed by atoms with E-state index in [4.69, 9.17) is 16.6 Å². The average molecular weight is 194 g/mol. The van der Waals surface area contributed by atoms with Crippen molar-refractivity contribution in [3.63, 3.8) is 0 Å². The first-order valence-electron chi connectivity index (χ1n) is 4.41. The Hall–Kier alpha value is -1.39. The van der Waals surface area contributed by atoms with Crippen molar-refractivity contribution in [2.45, 2.75) is 13.0 Å². The average Bonchev–Trinajstić information content (AvgIpc) is 2.18. The van der Waals surface area contributed by atoms with Crippen LogP contribution in [0.2, 0.25) is 0 Å². The second-order valence-electron chi connectivity index (χ2n) is 3.05. The molecule has 0 heterocycles. The number of amides is 1. The Labute approximate surface area is 82.5 Å². The number of aliphatic hydroxyl groups is 1. The molecule has 0 aliphatic heterocycles. The van der Waals surface area contributed by atoms with Crippen molar-refractivity contribution >= 4 is 5.91 Å². The normalized spacial score (nSPS) is 10.1. The number of hydrogen-bond acceptors (Lipinski definition) is 3. The lowest BCUT2D eigenvalue weighted by Gasteiger charge is -2.06. The third kappa shape index (κ3) is 2.31. The van der Waals surface area contributed by atoms with Gasteiger partial charge in [0.05, 0.1) is 6.61 Å². The maximum Gasteiger partial charge on any atom is 0.248 e. The maximum absolute atomic E-state index is 11.1. The molecule has 0 aromatic heterocycles. The molecule has 14 heavy (non-hydrogen) atoms. The fourth-order valence-corrected chi connectivity index (χ4v) is 1.32. The summed E-state index contributed by atoms with van der Waals surface area (Å²) in [5, 5.41) is 8.89. The first kappa shape index (κ1) is 10.7. The zero-order valence-corrected chi connectivity index (χ0v) is 7.86. The third-order valence-electron chi connectivity index (χ3n) is 2.04. The minimum Gasteiger partial charge on any atom is -0.392 e. The molecule has 4 nitrogen and oxygen atoms in total. The highest BCUT2D eigenvalue weighted by Crippen LogP contribution is 2.12. The fourth-order valence-electron chi connectivity index (χ4n) is 1.32. The van der Waals surface area contributed by atoms with Crippen LogP contribution in [0.4, 0.5) is 0 Å². The van der Waals surface area contributed by atoms with Crippen LogP contribution in [0.3, 0.4) is 0 Å². The Balaban J connectivity index is 3.10. The van der Waals surface area contributed by atoms with E-state index in [1.807, 2.05) is 0 Å². The molecule has 0 radical (unpaired) electrons. The summed E-state index contributed by atoms with van der Waals surface area (Å²) in [7, 11) is 0. The van der Waals surface area contributed by atoms with E-state index < -0.39 is 5.91 Å². The molecule has 5 N–H and O–H groups in total. The van der Waals surface area contributed by atoms with Gasteiger partial charge in [-0.2, -0.15) is 0 Å². The van der Waals surface area contributed by atoms with Crippen molar-refractivity contribution < 1.29 is 9.90 Å². The lowest BCUT2D eigenvalue weighted by atomic mass is 10.0. The van der Waals surface area contributed by atoms with Crippen LogP contribution in [-0.2, 0) is 13.0 Å². The SMILES string of the molecule is NCCc1ccc(CO)cc1C(N)=O. The van der Waals surface area contributed by atoms with Gasteiger partial charge in [0.1, 0.15) is 0 Å². The Morgan fingerprint density at radius 3 is 2.64 bits per heavy atom. The first-order valence-corrected chi connectivity index (χ1v) is 4.41. The summed E-state index contributed by atoms with van der Waals surface area (Å²) in [4.78, 5) is 11.1. The molecule has 0 saturated carbocycles. The van der Waals surface area contributed by atoms with Crippen LogP contribution in [0.15, 0.2) is 18.2 Å². The molecular weight excluding hydrogens is 180 g/mol. The first-order chi connectivity index (χ1) is 6.69. The maximum atomic E-state index is 11.1. The fraction of sp³-hybridized carbons (Fsp3) is 0.300. The number of benzene rings is 1. The van der Waals surface area contributed by atoms with Crippen molar-refractivity contribution in [1.82, 2.24) is 0 Å². The monoisotopic (exact) mass is 194 g/mol. The summed E-state index contributed by atoms with van der Waals surface area (Å²) in [6.45, 7) is 0.377. The smallest absolute Gasteiger partial charge is 0.248 e. The van der Waals surface area contributed by atoms with Gasteiger partial charge >= 0.3 is 0 Å². The standard InChI is InChI=1S/C10H14N2O2/c11-4-3-8-2-1-7(6-13)5-9(8)10(12)14/h1-2,5,13H,3-4,6,11H2,(H2,12,14). The number of aliphatic hydroxyl groups excluding tert-OH is 1. The minimum atomic E-state index is -0.483. The molecule has 0 unspecified atom stereocenters. The molecule has 76 valence electrons. The Morgan fingerprint density at radius 1 is 1.43 bits per heavy atom. The van der Waals surface area contributed by atoms with Crippen LogP contribution >= 0.6 is 0 Å². The number of nitrogens with two attached hydrogens (primary N) is 2. The summed E-state index contributed by atoms with van der Waals surface area (Å²) < 4.78 is 0. The van der Waals surface area contributed by atoms with Gasteiger partial charge in [-0.3, -0.25) is 4.79 Å². The Bertz CT molecular complexity index is 337. The molecule has 1 aromatic carbocycles. The van der Waals surface area contributed by atoms with Gasteiger partial charge in [0.15, 0.2) is 0 Å². The largest absolute Gasteiger partial charge is 0.392 e. The molecule has 0 saturated heterocycles. The Kier molecular flexibility index (Phi) is 3.62. The highest BCUT2D eigenvalue weighted by molar-refractivity contribution is 5.94. The van der Waals surface area contributed by atoms with Gasteiger partial charge in [-0.1, -0.05) is 12.1 Å². The van der Waals surface area contributed by atoms with Crippen LogP contribution in [-0.4, -0.2) is 17.6 Å².